The second kappa shape index (κ2) is 10.8. The minimum Gasteiger partial charge on any atom is -0.462 e. The summed E-state index contributed by atoms with van der Waals surface area (Å²) in [7, 11) is 0. The topological polar surface area (TPSA) is 75.7 Å². The minimum absolute atomic E-state index is 0.166. The van der Waals surface area contributed by atoms with Crippen LogP contribution in [0.1, 0.15) is 40.4 Å². The Kier molecular flexibility index (Phi) is 7.60. The number of esters is 1. The molecule has 1 heterocycles. The van der Waals surface area contributed by atoms with E-state index >= 15 is 0 Å². The fraction of sp³-hybridized carbons (Fsp3) is 0.207. The molecule has 0 aliphatic carbocycles. The van der Waals surface area contributed by atoms with Crippen LogP contribution in [0, 0.1) is 20.8 Å². The molecule has 36 heavy (non-hydrogen) atoms. The highest BCUT2D eigenvalue weighted by Crippen LogP contribution is 2.39. The van der Waals surface area contributed by atoms with Crippen LogP contribution in [0.25, 0.3) is 0 Å². The van der Waals surface area contributed by atoms with Crippen LogP contribution in [0.3, 0.4) is 0 Å². The lowest BCUT2D eigenvalue weighted by atomic mass is 10.1. The molecule has 4 rings (SSSR count). The molecule has 1 aliphatic heterocycles. The standard InChI is InChI=1S/C29H28N2O4S/c1-5-16-35-29(34)23-8-6-7-9-24(23)31-27(32)25(30-21-13-12-19(3)20(4)17-21)26(28(31)33)36-22-14-10-18(2)11-15-22/h6-15,17,30H,5,16H2,1-4H3. The smallest absolute Gasteiger partial charge is 0.340 e. The molecule has 0 saturated heterocycles. The number of carbonyl (C=O) groups is 3. The van der Waals surface area contributed by atoms with Crippen molar-refractivity contribution in [2.24, 2.45) is 0 Å². The van der Waals surface area contributed by atoms with Gasteiger partial charge in [0.2, 0.25) is 0 Å². The van der Waals surface area contributed by atoms with Crippen LogP contribution < -0.4 is 10.2 Å². The van der Waals surface area contributed by atoms with Crippen molar-refractivity contribution in [2.75, 3.05) is 16.8 Å². The molecule has 0 aromatic heterocycles. The van der Waals surface area contributed by atoms with E-state index in [1.54, 1.807) is 24.3 Å². The molecule has 184 valence electrons. The van der Waals surface area contributed by atoms with Gasteiger partial charge in [-0.2, -0.15) is 0 Å². The van der Waals surface area contributed by atoms with Crippen LogP contribution in [-0.2, 0) is 14.3 Å². The molecule has 0 saturated carbocycles. The Morgan fingerprint density at radius 2 is 1.64 bits per heavy atom. The van der Waals surface area contributed by atoms with Crippen molar-refractivity contribution in [3.8, 4) is 0 Å². The molecule has 6 nitrogen and oxygen atoms in total. The number of hydrogen-bond acceptors (Lipinski definition) is 6. The van der Waals surface area contributed by atoms with Gasteiger partial charge in [-0.05, 0) is 74.7 Å². The van der Waals surface area contributed by atoms with Gasteiger partial charge in [0, 0.05) is 10.6 Å². The maximum atomic E-state index is 13.7. The lowest BCUT2D eigenvalue weighted by Gasteiger charge is -2.18. The number of thioether (sulfide) groups is 1. The highest BCUT2D eigenvalue weighted by molar-refractivity contribution is 8.04. The quantitative estimate of drug-likeness (QED) is 0.295. The van der Waals surface area contributed by atoms with Crippen molar-refractivity contribution in [1.82, 2.24) is 0 Å². The lowest BCUT2D eigenvalue weighted by molar-refractivity contribution is -0.120. The average molecular weight is 501 g/mol. The first-order chi connectivity index (χ1) is 17.3. The van der Waals surface area contributed by atoms with E-state index in [2.05, 4.69) is 5.32 Å². The number of nitrogens with zero attached hydrogens (tertiary/aromatic N) is 1. The number of para-hydroxylation sites is 1. The summed E-state index contributed by atoms with van der Waals surface area (Å²) in [6, 6.07) is 20.0. The normalized spacial score (nSPS) is 13.4. The third kappa shape index (κ3) is 5.21. The van der Waals surface area contributed by atoms with Gasteiger partial charge >= 0.3 is 5.97 Å². The summed E-state index contributed by atoms with van der Waals surface area (Å²) in [5.41, 5.74) is 4.52. The Morgan fingerprint density at radius 1 is 0.917 bits per heavy atom. The number of rotatable bonds is 8. The van der Waals surface area contributed by atoms with Gasteiger partial charge in [0.15, 0.2) is 0 Å². The maximum Gasteiger partial charge on any atom is 0.340 e. The number of imide groups is 1. The molecule has 1 aliphatic rings. The predicted octanol–water partition coefficient (Wildman–Crippen LogP) is 6.17. The van der Waals surface area contributed by atoms with Gasteiger partial charge < -0.3 is 10.1 Å². The summed E-state index contributed by atoms with van der Waals surface area (Å²) in [4.78, 5) is 42.4. The second-order valence-corrected chi connectivity index (χ2v) is 9.73. The fourth-order valence-corrected chi connectivity index (χ4v) is 4.66. The van der Waals surface area contributed by atoms with E-state index in [1.165, 1.54) is 11.8 Å². The summed E-state index contributed by atoms with van der Waals surface area (Å²) in [6.07, 6.45) is 0.665. The van der Waals surface area contributed by atoms with E-state index in [9.17, 15) is 14.4 Å². The van der Waals surface area contributed by atoms with Gasteiger partial charge in [-0.15, -0.1) is 0 Å². The summed E-state index contributed by atoms with van der Waals surface area (Å²) in [5.74, 6) is -1.59. The first kappa shape index (κ1) is 25.3. The molecular formula is C29H28N2O4S. The van der Waals surface area contributed by atoms with Crippen LogP contribution in [0.15, 0.2) is 82.2 Å². The first-order valence-electron chi connectivity index (χ1n) is 11.8. The zero-order valence-corrected chi connectivity index (χ0v) is 21.6. The van der Waals surface area contributed by atoms with Gasteiger partial charge in [-0.1, -0.05) is 54.6 Å². The number of amides is 2. The van der Waals surface area contributed by atoms with Crippen molar-refractivity contribution >= 4 is 40.9 Å². The van der Waals surface area contributed by atoms with E-state index in [4.69, 9.17) is 4.74 Å². The number of aryl methyl sites for hydroxylation is 3. The Bertz CT molecular complexity index is 1360. The molecule has 0 unspecified atom stereocenters. The predicted molar refractivity (Wildman–Crippen MR) is 143 cm³/mol. The summed E-state index contributed by atoms with van der Waals surface area (Å²) >= 11 is 1.22. The second-order valence-electron chi connectivity index (χ2n) is 8.64. The van der Waals surface area contributed by atoms with E-state index in [0.717, 1.165) is 26.5 Å². The number of benzene rings is 3. The molecule has 2 amide bonds. The monoisotopic (exact) mass is 500 g/mol. The number of carbonyl (C=O) groups excluding carboxylic acids is 3. The Labute approximate surface area is 215 Å². The lowest BCUT2D eigenvalue weighted by Crippen LogP contribution is -2.33. The van der Waals surface area contributed by atoms with Crippen LogP contribution in [0.2, 0.25) is 0 Å². The van der Waals surface area contributed by atoms with E-state index in [0.29, 0.717) is 12.1 Å². The molecule has 0 fully saturated rings. The van der Waals surface area contributed by atoms with Gasteiger partial charge in [0.1, 0.15) is 10.6 Å². The number of nitrogens with one attached hydrogen (secondary N) is 1. The van der Waals surface area contributed by atoms with E-state index < -0.39 is 17.8 Å². The Hall–Kier alpha value is -3.84. The van der Waals surface area contributed by atoms with E-state index in [-0.39, 0.29) is 28.5 Å². The summed E-state index contributed by atoms with van der Waals surface area (Å²) < 4.78 is 5.31. The molecule has 1 N–H and O–H groups in total. The van der Waals surface area contributed by atoms with Crippen molar-refractivity contribution in [2.45, 2.75) is 39.0 Å². The first-order valence-corrected chi connectivity index (χ1v) is 12.6. The number of ether oxygens (including phenoxy) is 1. The maximum absolute atomic E-state index is 13.7. The SMILES string of the molecule is CCCOC(=O)c1ccccc1N1C(=O)C(Nc2ccc(C)c(C)c2)=C(Sc2ccc(C)cc2)C1=O. The molecule has 7 heteroatoms. The Morgan fingerprint density at radius 3 is 2.33 bits per heavy atom. The highest BCUT2D eigenvalue weighted by Gasteiger charge is 2.41. The van der Waals surface area contributed by atoms with Crippen LogP contribution in [0.4, 0.5) is 11.4 Å². The minimum atomic E-state index is -0.573. The molecule has 3 aromatic rings. The molecule has 0 bridgehead atoms. The van der Waals surface area contributed by atoms with Crippen LogP contribution in [-0.4, -0.2) is 24.4 Å². The third-order valence-electron chi connectivity index (χ3n) is 5.86. The van der Waals surface area contributed by atoms with Gasteiger partial charge in [0.25, 0.3) is 11.8 Å². The van der Waals surface area contributed by atoms with Crippen LogP contribution in [0.5, 0.6) is 0 Å². The average Bonchev–Trinajstić information content (AvgIpc) is 3.09. The molecule has 0 radical (unpaired) electrons. The van der Waals surface area contributed by atoms with Gasteiger partial charge in [0.05, 0.1) is 17.9 Å². The van der Waals surface area contributed by atoms with E-state index in [1.807, 2.05) is 70.2 Å². The third-order valence-corrected chi connectivity index (χ3v) is 6.95. The number of anilines is 2. The largest absolute Gasteiger partial charge is 0.462 e. The van der Waals surface area contributed by atoms with Crippen molar-refractivity contribution in [1.29, 1.82) is 0 Å². The fourth-order valence-electron chi connectivity index (χ4n) is 3.73. The van der Waals surface area contributed by atoms with Gasteiger partial charge in [-0.3, -0.25) is 9.59 Å². The zero-order chi connectivity index (χ0) is 25.8. The summed E-state index contributed by atoms with van der Waals surface area (Å²) in [6.45, 7) is 8.14. The molecule has 0 atom stereocenters. The molecular weight excluding hydrogens is 472 g/mol. The van der Waals surface area contributed by atoms with Gasteiger partial charge in [-0.25, -0.2) is 9.69 Å². The molecule has 0 spiro atoms. The van der Waals surface area contributed by atoms with Crippen LogP contribution >= 0.6 is 11.8 Å². The Balaban J connectivity index is 1.76. The molecule has 3 aromatic carbocycles. The highest BCUT2D eigenvalue weighted by atomic mass is 32.2. The van der Waals surface area contributed by atoms with Crippen molar-refractivity contribution in [3.63, 3.8) is 0 Å². The summed E-state index contributed by atoms with van der Waals surface area (Å²) in [5, 5.41) is 3.18. The van der Waals surface area contributed by atoms with Crippen molar-refractivity contribution in [3.05, 3.63) is 99.6 Å². The number of hydrogen-bond donors (Lipinski definition) is 1. The zero-order valence-electron chi connectivity index (χ0n) is 20.8. The van der Waals surface area contributed by atoms with Crippen molar-refractivity contribution < 1.29 is 19.1 Å².